The van der Waals surface area contributed by atoms with E-state index in [0.29, 0.717) is 25.7 Å². The van der Waals surface area contributed by atoms with E-state index in [4.69, 9.17) is 37.0 Å². The van der Waals surface area contributed by atoms with E-state index in [1.165, 1.54) is 186 Å². The Balaban J connectivity index is 5.23. The molecule has 0 amide bonds. The van der Waals surface area contributed by atoms with Crippen molar-refractivity contribution in [2.45, 2.75) is 401 Å². The van der Waals surface area contributed by atoms with E-state index in [0.717, 1.165) is 114 Å². The minimum atomic E-state index is -4.96. The van der Waals surface area contributed by atoms with Crippen LogP contribution in [0.5, 0.6) is 0 Å². The zero-order valence-corrected chi connectivity index (χ0v) is 63.2. The third-order valence-corrected chi connectivity index (χ3v) is 19.6. The van der Waals surface area contributed by atoms with Gasteiger partial charge in [0.15, 0.2) is 12.2 Å². The maximum Gasteiger partial charge on any atom is 0.472 e. The lowest BCUT2D eigenvalue weighted by Crippen LogP contribution is -2.30. The summed E-state index contributed by atoms with van der Waals surface area (Å²) in [5.41, 5.74) is 0. The van der Waals surface area contributed by atoms with E-state index < -0.39 is 97.5 Å². The van der Waals surface area contributed by atoms with Crippen molar-refractivity contribution in [3.63, 3.8) is 0 Å². The first-order chi connectivity index (χ1) is 45.3. The minimum absolute atomic E-state index is 0.104. The zero-order valence-electron chi connectivity index (χ0n) is 61.4. The number of hydrogen-bond acceptors (Lipinski definition) is 15. The van der Waals surface area contributed by atoms with E-state index in [-0.39, 0.29) is 25.7 Å². The lowest BCUT2D eigenvalue weighted by molar-refractivity contribution is -0.161. The Hall–Kier alpha value is -1.94. The van der Waals surface area contributed by atoms with Gasteiger partial charge in [-0.25, -0.2) is 9.13 Å². The maximum atomic E-state index is 13.1. The second-order valence-corrected chi connectivity index (χ2v) is 31.1. The number of phosphoric acid groups is 2. The highest BCUT2D eigenvalue weighted by Crippen LogP contribution is 2.45. The van der Waals surface area contributed by atoms with E-state index >= 15 is 0 Å². The van der Waals surface area contributed by atoms with Crippen molar-refractivity contribution in [1.29, 1.82) is 0 Å². The van der Waals surface area contributed by atoms with Crippen LogP contribution in [-0.2, 0) is 65.4 Å². The van der Waals surface area contributed by atoms with Crippen molar-refractivity contribution < 1.29 is 80.2 Å². The summed E-state index contributed by atoms with van der Waals surface area (Å²) in [5, 5.41) is 10.6. The molecule has 3 unspecified atom stereocenters. The molecule has 0 aliphatic rings. The predicted molar refractivity (Wildman–Crippen MR) is 381 cm³/mol. The molecule has 6 atom stereocenters. The molecule has 0 aromatic rings. The highest BCUT2D eigenvalue weighted by atomic mass is 31.2. The summed E-state index contributed by atoms with van der Waals surface area (Å²) in [6, 6.07) is 0. The molecule has 558 valence electrons. The topological polar surface area (TPSA) is 237 Å². The zero-order chi connectivity index (χ0) is 69.4. The van der Waals surface area contributed by atoms with Crippen molar-refractivity contribution in [2.24, 2.45) is 17.8 Å². The number of hydrogen-bond donors (Lipinski definition) is 3. The Morgan fingerprint density at radius 3 is 0.809 bits per heavy atom. The monoisotopic (exact) mass is 1380 g/mol. The fraction of sp³-hybridized carbons (Fsp3) is 0.947. The summed E-state index contributed by atoms with van der Waals surface area (Å²) >= 11 is 0. The number of phosphoric ester groups is 2. The molecule has 0 fully saturated rings. The molecule has 3 N–H and O–H groups in total. The molecular formula is C75H146O17P2. The quantitative estimate of drug-likeness (QED) is 0.0222. The van der Waals surface area contributed by atoms with E-state index in [9.17, 15) is 43.2 Å². The summed E-state index contributed by atoms with van der Waals surface area (Å²) in [6.45, 7) is 11.8. The average Bonchev–Trinajstić information content (AvgIpc) is 2.38. The van der Waals surface area contributed by atoms with Gasteiger partial charge in [-0.2, -0.15) is 0 Å². The van der Waals surface area contributed by atoms with E-state index in [1.807, 2.05) is 0 Å². The molecule has 19 heteroatoms. The highest BCUT2D eigenvalue weighted by Gasteiger charge is 2.30. The molecule has 0 spiro atoms. The van der Waals surface area contributed by atoms with Gasteiger partial charge >= 0.3 is 39.5 Å². The van der Waals surface area contributed by atoms with Crippen LogP contribution in [0.3, 0.4) is 0 Å². The Morgan fingerprint density at radius 1 is 0.309 bits per heavy atom. The van der Waals surface area contributed by atoms with Crippen LogP contribution in [0.25, 0.3) is 0 Å². The summed E-state index contributed by atoms with van der Waals surface area (Å²) in [5.74, 6) is 0.104. The van der Waals surface area contributed by atoms with Crippen LogP contribution in [0.1, 0.15) is 382 Å². The number of aliphatic hydroxyl groups is 1. The first-order valence-corrected chi connectivity index (χ1v) is 41.9. The molecule has 0 heterocycles. The first kappa shape index (κ1) is 92.1. The number of unbranched alkanes of at least 4 members (excludes halogenated alkanes) is 40. The van der Waals surface area contributed by atoms with Crippen molar-refractivity contribution in [1.82, 2.24) is 0 Å². The summed E-state index contributed by atoms with van der Waals surface area (Å²) in [7, 11) is -9.91. The normalized spacial score (nSPS) is 14.4. The van der Waals surface area contributed by atoms with Crippen LogP contribution in [0.15, 0.2) is 0 Å². The van der Waals surface area contributed by atoms with Crippen LogP contribution in [0, 0.1) is 17.8 Å². The van der Waals surface area contributed by atoms with Gasteiger partial charge in [0, 0.05) is 25.7 Å². The highest BCUT2D eigenvalue weighted by molar-refractivity contribution is 7.47. The average molecular weight is 1380 g/mol. The SMILES string of the molecule is CCCCCCCCCCCCCCCCCCCCCC(=O)O[C@H](COC(=O)CCCCCCCCCCCCC(C)C)COP(=O)(O)OC[C@@H](O)COP(=O)(O)OC[C@@H](COC(=O)CCCCCCCCC(C)CC)OC(=O)CCCCCCCCCCCC(C)C. The second-order valence-electron chi connectivity index (χ2n) is 28.2. The van der Waals surface area contributed by atoms with Gasteiger partial charge < -0.3 is 33.8 Å². The third kappa shape index (κ3) is 67.3. The Kier molecular flexibility index (Phi) is 64.3. The smallest absolute Gasteiger partial charge is 0.462 e. The molecular weight excluding hydrogens is 1230 g/mol. The lowest BCUT2D eigenvalue weighted by Gasteiger charge is -2.21. The summed E-state index contributed by atoms with van der Waals surface area (Å²) in [6.07, 6.45) is 51.4. The van der Waals surface area contributed by atoms with Gasteiger partial charge in [-0.3, -0.25) is 37.3 Å². The van der Waals surface area contributed by atoms with Gasteiger partial charge in [-0.1, -0.05) is 331 Å². The molecule has 0 aromatic heterocycles. The fourth-order valence-electron chi connectivity index (χ4n) is 11.4. The molecule has 0 saturated carbocycles. The second kappa shape index (κ2) is 65.7. The Morgan fingerprint density at radius 2 is 0.543 bits per heavy atom. The van der Waals surface area contributed by atoms with Crippen molar-refractivity contribution in [3.05, 3.63) is 0 Å². The Bertz CT molecular complexity index is 1840. The summed E-state index contributed by atoms with van der Waals surface area (Å²) < 4.78 is 68.5. The van der Waals surface area contributed by atoms with Gasteiger partial charge in [0.2, 0.25) is 0 Å². The number of ether oxygens (including phenoxy) is 4. The lowest BCUT2D eigenvalue weighted by atomic mass is 10.00. The van der Waals surface area contributed by atoms with Crippen molar-refractivity contribution >= 4 is 39.5 Å². The largest absolute Gasteiger partial charge is 0.472 e. The molecule has 0 rings (SSSR count). The number of aliphatic hydroxyl groups excluding tert-OH is 1. The molecule has 0 radical (unpaired) electrons. The number of carbonyl (C=O) groups is 4. The minimum Gasteiger partial charge on any atom is -0.462 e. The first-order valence-electron chi connectivity index (χ1n) is 38.9. The van der Waals surface area contributed by atoms with E-state index in [1.54, 1.807) is 0 Å². The van der Waals surface area contributed by atoms with Crippen LogP contribution < -0.4 is 0 Å². The standard InChI is InChI=1S/C75H146O17P2/c1-8-10-11-12-13-14-15-16-17-18-19-20-21-22-23-30-35-44-51-58-74(79)91-70(62-85-72(77)56-49-42-34-29-25-24-27-32-39-46-53-66(3)4)64-89-93(81,82)87-60-69(76)61-88-94(83,84)90-65-71(63-86-73(78)57-50-43-38-37-41-48-55-68(7)9-2)92-75(80)59-52-45-36-31-26-28-33-40-47-54-67(5)6/h66-71,76H,8-65H2,1-7H3,(H,81,82)(H,83,84)/t68?,69-,70-,71-/m1/s1. The molecule has 0 aliphatic carbocycles. The molecule has 17 nitrogen and oxygen atoms in total. The maximum absolute atomic E-state index is 13.1. The van der Waals surface area contributed by atoms with Gasteiger partial charge in [0.05, 0.1) is 26.4 Å². The van der Waals surface area contributed by atoms with E-state index in [2.05, 4.69) is 48.5 Å². The molecule has 0 aliphatic heterocycles. The number of esters is 4. The van der Waals surface area contributed by atoms with Gasteiger partial charge in [-0.05, 0) is 43.4 Å². The fourth-order valence-corrected chi connectivity index (χ4v) is 13.0. The summed E-state index contributed by atoms with van der Waals surface area (Å²) in [4.78, 5) is 72.7. The number of rotatable bonds is 73. The van der Waals surface area contributed by atoms with Gasteiger partial charge in [-0.15, -0.1) is 0 Å². The van der Waals surface area contributed by atoms with Gasteiger partial charge in [0.25, 0.3) is 0 Å². The van der Waals surface area contributed by atoms with Crippen LogP contribution >= 0.6 is 15.6 Å². The van der Waals surface area contributed by atoms with Crippen molar-refractivity contribution in [2.75, 3.05) is 39.6 Å². The van der Waals surface area contributed by atoms with Crippen molar-refractivity contribution in [3.8, 4) is 0 Å². The van der Waals surface area contributed by atoms with Crippen LogP contribution in [0.4, 0.5) is 0 Å². The van der Waals surface area contributed by atoms with Crippen LogP contribution in [-0.4, -0.2) is 96.7 Å². The Labute approximate surface area is 575 Å². The van der Waals surface area contributed by atoms with Gasteiger partial charge in [0.1, 0.15) is 19.3 Å². The molecule has 0 bridgehead atoms. The molecule has 0 saturated heterocycles. The number of carbonyl (C=O) groups excluding carboxylic acids is 4. The third-order valence-electron chi connectivity index (χ3n) is 17.7. The molecule has 0 aromatic carbocycles. The predicted octanol–water partition coefficient (Wildman–Crippen LogP) is 21.8. The molecule has 94 heavy (non-hydrogen) atoms. The van der Waals surface area contributed by atoms with Crippen LogP contribution in [0.2, 0.25) is 0 Å².